The monoisotopic (exact) mass is 438 g/mol. The van der Waals surface area contributed by atoms with E-state index in [1.165, 1.54) is 0 Å². The number of benzene rings is 2. The number of hydrogen-bond acceptors (Lipinski definition) is 7. The molecule has 2 aliphatic rings. The Morgan fingerprint density at radius 2 is 2.06 bits per heavy atom. The van der Waals surface area contributed by atoms with E-state index in [0.29, 0.717) is 38.6 Å². The second-order valence-electron chi connectivity index (χ2n) is 8.33. The minimum atomic E-state index is -1.02. The number of nitrogens with two attached hydrogens (primary N) is 1. The third-order valence-corrected chi connectivity index (χ3v) is 7.34. The van der Waals surface area contributed by atoms with Crippen molar-refractivity contribution in [3.63, 3.8) is 0 Å². The highest BCUT2D eigenvalue weighted by Crippen LogP contribution is 2.31. The van der Waals surface area contributed by atoms with Gasteiger partial charge in [0, 0.05) is 47.4 Å². The Labute approximate surface area is 183 Å². The molecule has 0 saturated carbocycles. The van der Waals surface area contributed by atoms with Crippen LogP contribution in [0.2, 0.25) is 0 Å². The van der Waals surface area contributed by atoms with Crippen molar-refractivity contribution >= 4 is 33.2 Å². The Kier molecular flexibility index (Phi) is 5.39. The number of rotatable bonds is 5. The Hall–Kier alpha value is -2.52. The number of nitrogens with one attached hydrogen (secondary N) is 1. The van der Waals surface area contributed by atoms with E-state index in [1.807, 2.05) is 48.5 Å². The molecule has 1 atom stereocenters. The largest absolute Gasteiger partial charge is 0.392 e. The van der Waals surface area contributed by atoms with Crippen LogP contribution in [0.3, 0.4) is 0 Å². The van der Waals surface area contributed by atoms with Crippen molar-refractivity contribution in [3.05, 3.63) is 59.7 Å². The van der Waals surface area contributed by atoms with Gasteiger partial charge in [-0.3, -0.25) is 4.21 Å². The van der Waals surface area contributed by atoms with Gasteiger partial charge in [0.1, 0.15) is 5.82 Å². The standard InChI is InChI=1S/C23H26N4O3S/c24-23(14-30-15-23)13-25-20-10-22(26-19-6-5-16(12-28)9-18(19)20)27-7-8-31(29)21-4-2-1-3-17(21)11-27/h1-6,9-10,28H,7-8,11-15,24H2,(H,25,26). The average Bonchev–Trinajstić information content (AvgIpc) is 2.94. The average molecular weight is 439 g/mol. The van der Waals surface area contributed by atoms with Crippen molar-refractivity contribution in [3.8, 4) is 0 Å². The Balaban J connectivity index is 1.53. The zero-order valence-corrected chi connectivity index (χ0v) is 18.0. The first kappa shape index (κ1) is 20.4. The molecule has 4 N–H and O–H groups in total. The van der Waals surface area contributed by atoms with Gasteiger partial charge >= 0.3 is 0 Å². The van der Waals surface area contributed by atoms with Gasteiger partial charge in [-0.2, -0.15) is 0 Å². The summed E-state index contributed by atoms with van der Waals surface area (Å²) in [6.45, 7) is 2.94. The molecule has 162 valence electrons. The predicted octanol–water partition coefficient (Wildman–Crippen LogP) is 1.99. The summed E-state index contributed by atoms with van der Waals surface area (Å²) in [4.78, 5) is 7.99. The van der Waals surface area contributed by atoms with Gasteiger partial charge in [0.2, 0.25) is 0 Å². The zero-order chi connectivity index (χ0) is 21.4. The molecule has 31 heavy (non-hydrogen) atoms. The summed E-state index contributed by atoms with van der Waals surface area (Å²) in [6.07, 6.45) is 0. The molecule has 2 aromatic carbocycles. The molecule has 1 saturated heterocycles. The minimum absolute atomic E-state index is 0.0273. The summed E-state index contributed by atoms with van der Waals surface area (Å²) < 4.78 is 18.0. The van der Waals surface area contributed by atoms with Gasteiger partial charge in [0.05, 0.1) is 41.7 Å². The summed E-state index contributed by atoms with van der Waals surface area (Å²) >= 11 is 0. The highest BCUT2D eigenvalue weighted by Gasteiger charge is 2.34. The van der Waals surface area contributed by atoms with Crippen LogP contribution in [0, 0.1) is 0 Å². The van der Waals surface area contributed by atoms with Gasteiger partial charge in [0.15, 0.2) is 0 Å². The molecule has 0 aliphatic carbocycles. The fourth-order valence-corrected chi connectivity index (χ4v) is 5.30. The number of anilines is 2. The number of pyridine rings is 1. The smallest absolute Gasteiger partial charge is 0.131 e. The minimum Gasteiger partial charge on any atom is -0.392 e. The molecule has 1 aromatic heterocycles. The van der Waals surface area contributed by atoms with Crippen molar-refractivity contribution in [1.82, 2.24) is 4.98 Å². The maximum atomic E-state index is 12.7. The van der Waals surface area contributed by atoms with E-state index < -0.39 is 10.8 Å². The van der Waals surface area contributed by atoms with Gasteiger partial charge in [-0.1, -0.05) is 24.3 Å². The number of ether oxygens (including phenoxy) is 1. The van der Waals surface area contributed by atoms with E-state index in [1.54, 1.807) is 0 Å². The van der Waals surface area contributed by atoms with Crippen LogP contribution in [0.25, 0.3) is 10.9 Å². The van der Waals surface area contributed by atoms with E-state index in [0.717, 1.165) is 38.4 Å². The maximum Gasteiger partial charge on any atom is 0.131 e. The van der Waals surface area contributed by atoms with Crippen LogP contribution >= 0.6 is 0 Å². The summed E-state index contributed by atoms with van der Waals surface area (Å²) in [5, 5.41) is 14.0. The Morgan fingerprint density at radius 1 is 1.23 bits per heavy atom. The van der Waals surface area contributed by atoms with Crippen molar-refractivity contribution in [2.75, 3.05) is 42.3 Å². The van der Waals surface area contributed by atoms with Crippen molar-refractivity contribution in [2.45, 2.75) is 23.6 Å². The molecule has 5 rings (SSSR count). The van der Waals surface area contributed by atoms with Crippen LogP contribution in [0.15, 0.2) is 53.4 Å². The van der Waals surface area contributed by atoms with Crippen LogP contribution in [-0.2, 0) is 28.7 Å². The highest BCUT2D eigenvalue weighted by molar-refractivity contribution is 7.85. The molecule has 3 heterocycles. The normalized spacial score (nSPS) is 20.1. The Bertz CT molecular complexity index is 1150. The molecule has 8 heteroatoms. The molecular weight excluding hydrogens is 412 g/mol. The summed E-state index contributed by atoms with van der Waals surface area (Å²) in [5.74, 6) is 1.39. The zero-order valence-electron chi connectivity index (χ0n) is 17.2. The first-order valence-electron chi connectivity index (χ1n) is 10.4. The number of aliphatic hydroxyl groups is 1. The van der Waals surface area contributed by atoms with E-state index in [4.69, 9.17) is 15.5 Å². The van der Waals surface area contributed by atoms with E-state index in [2.05, 4.69) is 10.2 Å². The third kappa shape index (κ3) is 4.04. The van der Waals surface area contributed by atoms with Crippen molar-refractivity contribution in [2.24, 2.45) is 5.73 Å². The van der Waals surface area contributed by atoms with Crippen LogP contribution in [-0.4, -0.2) is 51.9 Å². The van der Waals surface area contributed by atoms with Crippen LogP contribution in [0.4, 0.5) is 11.5 Å². The SMILES string of the molecule is NC1(CNc2cc(N3CCS(=O)c4ccccc4C3)nc3ccc(CO)cc23)COC1. The summed E-state index contributed by atoms with van der Waals surface area (Å²) in [6, 6.07) is 15.7. The first-order chi connectivity index (χ1) is 15.0. The van der Waals surface area contributed by atoms with Gasteiger partial charge in [0.25, 0.3) is 0 Å². The molecule has 0 radical (unpaired) electrons. The summed E-state index contributed by atoms with van der Waals surface area (Å²) in [7, 11) is -1.02. The predicted molar refractivity (Wildman–Crippen MR) is 123 cm³/mol. The number of aliphatic hydroxyl groups excluding tert-OH is 1. The number of aromatic nitrogens is 1. The third-order valence-electron chi connectivity index (χ3n) is 5.90. The molecule has 3 aromatic rings. The van der Waals surface area contributed by atoms with Gasteiger partial charge in [-0.25, -0.2) is 4.98 Å². The molecule has 7 nitrogen and oxygen atoms in total. The Morgan fingerprint density at radius 3 is 2.84 bits per heavy atom. The van der Waals surface area contributed by atoms with Gasteiger partial charge in [-0.05, 0) is 29.3 Å². The van der Waals surface area contributed by atoms with Crippen LogP contribution < -0.4 is 16.0 Å². The maximum absolute atomic E-state index is 12.7. The molecule has 0 bridgehead atoms. The lowest BCUT2D eigenvalue weighted by Gasteiger charge is -2.38. The van der Waals surface area contributed by atoms with Crippen LogP contribution in [0.1, 0.15) is 11.1 Å². The molecule has 1 unspecified atom stereocenters. The number of nitrogens with zero attached hydrogens (tertiary/aromatic N) is 2. The lowest BCUT2D eigenvalue weighted by Crippen LogP contribution is -2.61. The highest BCUT2D eigenvalue weighted by atomic mass is 32.2. The summed E-state index contributed by atoms with van der Waals surface area (Å²) in [5.41, 5.74) is 9.62. The number of fused-ring (bicyclic) bond motifs is 2. The fraction of sp³-hybridized carbons (Fsp3) is 0.348. The molecule has 0 amide bonds. The quantitative estimate of drug-likeness (QED) is 0.560. The molecule has 0 spiro atoms. The lowest BCUT2D eigenvalue weighted by molar-refractivity contribution is -0.0461. The van der Waals surface area contributed by atoms with Gasteiger partial charge in [-0.15, -0.1) is 0 Å². The van der Waals surface area contributed by atoms with Crippen molar-refractivity contribution in [1.29, 1.82) is 0 Å². The van der Waals surface area contributed by atoms with E-state index in [9.17, 15) is 9.32 Å². The van der Waals surface area contributed by atoms with Gasteiger partial charge < -0.3 is 25.8 Å². The number of hydrogen-bond donors (Lipinski definition) is 3. The van der Waals surface area contributed by atoms with Crippen LogP contribution in [0.5, 0.6) is 0 Å². The lowest BCUT2D eigenvalue weighted by atomic mass is 9.99. The first-order valence-corrected chi connectivity index (χ1v) is 11.7. The molecule has 2 aliphatic heterocycles. The second-order valence-corrected chi connectivity index (χ2v) is 9.86. The molecule has 1 fully saturated rings. The fourth-order valence-electron chi connectivity index (χ4n) is 4.04. The van der Waals surface area contributed by atoms with E-state index >= 15 is 0 Å². The topological polar surface area (TPSA) is 101 Å². The molecular formula is C23H26N4O3S. The second kappa shape index (κ2) is 8.20. The van der Waals surface area contributed by atoms with Crippen molar-refractivity contribution < 1.29 is 14.1 Å². The van der Waals surface area contributed by atoms with E-state index in [-0.39, 0.29) is 12.1 Å².